The Labute approximate surface area is 199 Å². The third kappa shape index (κ3) is 5.84. The summed E-state index contributed by atoms with van der Waals surface area (Å²) in [5.74, 6) is -0.247. The van der Waals surface area contributed by atoms with E-state index in [4.69, 9.17) is 21.7 Å². The van der Waals surface area contributed by atoms with Crippen LogP contribution in [-0.2, 0) is 17.6 Å². The van der Waals surface area contributed by atoms with Gasteiger partial charge in [0.25, 0.3) is 5.91 Å². The molecule has 2 N–H and O–H groups in total. The second-order valence-electron chi connectivity index (χ2n) is 7.03. The minimum Gasteiger partial charge on any atom is -0.493 e. The van der Waals surface area contributed by atoms with Gasteiger partial charge in [-0.15, -0.1) is 11.3 Å². The molecule has 0 bridgehead atoms. The van der Waals surface area contributed by atoms with Crippen molar-refractivity contribution in [1.29, 1.82) is 0 Å². The van der Waals surface area contributed by atoms with Crippen LogP contribution in [0.25, 0.3) is 0 Å². The maximum Gasteiger partial charge on any atom is 0.341 e. The standard InChI is InChI=1S/C22H25BrN2O4S2/c1-3-5-11-29-16-10-9-13(23)12-15(16)19(26)24-22(30)25-20-18(21(27)28-4-2)14-7-6-8-17(14)31-20/h9-10,12H,3-8,11H2,1-2H3,(H2,24,25,26,30). The van der Waals surface area contributed by atoms with E-state index in [9.17, 15) is 9.59 Å². The highest BCUT2D eigenvalue weighted by Gasteiger charge is 2.28. The second-order valence-corrected chi connectivity index (χ2v) is 9.46. The average Bonchev–Trinajstić information content (AvgIpc) is 3.29. The number of aryl methyl sites for hydroxylation is 1. The van der Waals surface area contributed by atoms with Gasteiger partial charge in [-0.05, 0) is 68.6 Å². The van der Waals surface area contributed by atoms with Crippen LogP contribution >= 0.6 is 39.5 Å². The first-order valence-electron chi connectivity index (χ1n) is 10.3. The average molecular weight is 525 g/mol. The summed E-state index contributed by atoms with van der Waals surface area (Å²) in [5.41, 5.74) is 1.94. The minimum absolute atomic E-state index is 0.120. The lowest BCUT2D eigenvalue weighted by Crippen LogP contribution is -2.34. The molecule has 1 amide bonds. The predicted octanol–water partition coefficient (Wildman–Crippen LogP) is 5.48. The first-order valence-corrected chi connectivity index (χ1v) is 12.3. The number of carbonyl (C=O) groups is 2. The summed E-state index contributed by atoms with van der Waals surface area (Å²) in [5, 5.41) is 6.47. The van der Waals surface area contributed by atoms with Crippen LogP contribution in [0.3, 0.4) is 0 Å². The van der Waals surface area contributed by atoms with Crippen molar-refractivity contribution < 1.29 is 19.1 Å². The van der Waals surface area contributed by atoms with Crippen LogP contribution in [-0.4, -0.2) is 30.2 Å². The molecule has 0 atom stereocenters. The van der Waals surface area contributed by atoms with E-state index in [1.807, 2.05) is 6.07 Å². The number of thiocarbonyl (C=S) groups is 1. The van der Waals surface area contributed by atoms with Gasteiger partial charge in [-0.1, -0.05) is 29.3 Å². The van der Waals surface area contributed by atoms with E-state index in [0.29, 0.717) is 35.1 Å². The summed E-state index contributed by atoms with van der Waals surface area (Å²) in [6, 6.07) is 5.28. The SMILES string of the molecule is CCCCOc1ccc(Br)cc1C(=O)NC(=S)Nc1sc2c(c1C(=O)OCC)CCC2. The van der Waals surface area contributed by atoms with Crippen molar-refractivity contribution in [2.75, 3.05) is 18.5 Å². The highest BCUT2D eigenvalue weighted by molar-refractivity contribution is 9.10. The number of nitrogens with one attached hydrogen (secondary N) is 2. The summed E-state index contributed by atoms with van der Waals surface area (Å²) < 4.78 is 11.8. The number of ether oxygens (including phenoxy) is 2. The number of anilines is 1. The summed E-state index contributed by atoms with van der Waals surface area (Å²) >= 11 is 10.3. The molecule has 1 aromatic heterocycles. The van der Waals surface area contributed by atoms with Crippen molar-refractivity contribution >= 4 is 61.5 Å². The van der Waals surface area contributed by atoms with Crippen molar-refractivity contribution in [3.05, 3.63) is 44.2 Å². The highest BCUT2D eigenvalue weighted by Crippen LogP contribution is 2.39. The van der Waals surface area contributed by atoms with E-state index >= 15 is 0 Å². The maximum absolute atomic E-state index is 12.9. The fourth-order valence-electron chi connectivity index (χ4n) is 3.35. The van der Waals surface area contributed by atoms with Gasteiger partial charge in [-0.25, -0.2) is 4.79 Å². The lowest BCUT2D eigenvalue weighted by atomic mass is 10.1. The molecule has 0 saturated carbocycles. The molecule has 0 radical (unpaired) electrons. The number of hydrogen-bond donors (Lipinski definition) is 2. The van der Waals surface area contributed by atoms with Gasteiger partial charge >= 0.3 is 5.97 Å². The molecule has 31 heavy (non-hydrogen) atoms. The van der Waals surface area contributed by atoms with Gasteiger partial charge in [0, 0.05) is 9.35 Å². The van der Waals surface area contributed by atoms with Crippen molar-refractivity contribution in [2.24, 2.45) is 0 Å². The summed E-state index contributed by atoms with van der Waals surface area (Å²) in [4.78, 5) is 26.6. The predicted molar refractivity (Wildman–Crippen MR) is 131 cm³/mol. The molecule has 0 unspecified atom stereocenters. The molecular weight excluding hydrogens is 500 g/mol. The molecule has 166 valence electrons. The van der Waals surface area contributed by atoms with E-state index in [2.05, 4.69) is 33.5 Å². The Bertz CT molecular complexity index is 990. The zero-order valence-corrected chi connectivity index (χ0v) is 20.7. The van der Waals surface area contributed by atoms with Crippen molar-refractivity contribution in [2.45, 2.75) is 46.0 Å². The quantitative estimate of drug-likeness (QED) is 0.270. The monoisotopic (exact) mass is 524 g/mol. The van der Waals surface area contributed by atoms with Gasteiger partial charge < -0.3 is 14.8 Å². The molecular formula is C22H25BrN2O4S2. The molecule has 9 heteroatoms. The highest BCUT2D eigenvalue weighted by atomic mass is 79.9. The number of halogens is 1. The normalized spacial score (nSPS) is 12.2. The minimum atomic E-state index is -0.382. The molecule has 1 aromatic carbocycles. The van der Waals surface area contributed by atoms with Crippen molar-refractivity contribution in [3.8, 4) is 5.75 Å². The maximum atomic E-state index is 12.9. The number of unbranched alkanes of at least 4 members (excludes halogenated alkanes) is 1. The lowest BCUT2D eigenvalue weighted by Gasteiger charge is -2.14. The van der Waals surface area contributed by atoms with E-state index in [0.717, 1.165) is 42.1 Å². The molecule has 0 fully saturated rings. The smallest absolute Gasteiger partial charge is 0.341 e. The van der Waals surface area contributed by atoms with E-state index in [1.54, 1.807) is 19.1 Å². The van der Waals surface area contributed by atoms with Crippen LogP contribution in [0.5, 0.6) is 5.75 Å². The summed E-state index contributed by atoms with van der Waals surface area (Å²) in [7, 11) is 0. The van der Waals surface area contributed by atoms with E-state index < -0.39 is 0 Å². The van der Waals surface area contributed by atoms with Crippen LogP contribution < -0.4 is 15.4 Å². The molecule has 0 aliphatic heterocycles. The Morgan fingerprint density at radius 1 is 1.26 bits per heavy atom. The third-order valence-corrected chi connectivity index (χ3v) is 6.70. The van der Waals surface area contributed by atoms with Crippen molar-refractivity contribution in [3.63, 3.8) is 0 Å². The number of rotatable bonds is 8. The summed E-state index contributed by atoms with van der Waals surface area (Å²) in [6.07, 6.45) is 4.70. The Balaban J connectivity index is 1.74. The van der Waals surface area contributed by atoms with Gasteiger partial charge in [0.1, 0.15) is 10.8 Å². The zero-order chi connectivity index (χ0) is 22.4. The van der Waals surface area contributed by atoms with Crippen LogP contribution in [0.1, 0.15) is 64.3 Å². The Morgan fingerprint density at radius 2 is 2.06 bits per heavy atom. The van der Waals surface area contributed by atoms with Gasteiger partial charge in [-0.3, -0.25) is 10.1 Å². The van der Waals surface area contributed by atoms with Gasteiger partial charge in [0.15, 0.2) is 5.11 Å². The van der Waals surface area contributed by atoms with E-state index in [1.165, 1.54) is 16.2 Å². The molecule has 1 aliphatic rings. The Morgan fingerprint density at radius 3 is 2.81 bits per heavy atom. The fraction of sp³-hybridized carbons (Fsp3) is 0.409. The molecule has 1 heterocycles. The molecule has 1 aliphatic carbocycles. The topological polar surface area (TPSA) is 76.7 Å². The van der Waals surface area contributed by atoms with E-state index in [-0.39, 0.29) is 17.0 Å². The zero-order valence-electron chi connectivity index (χ0n) is 17.5. The first kappa shape index (κ1) is 23.7. The lowest BCUT2D eigenvalue weighted by molar-refractivity contribution is 0.0527. The van der Waals surface area contributed by atoms with Crippen molar-refractivity contribution in [1.82, 2.24) is 5.32 Å². The van der Waals surface area contributed by atoms with Gasteiger partial charge in [0.2, 0.25) is 0 Å². The summed E-state index contributed by atoms with van der Waals surface area (Å²) in [6.45, 7) is 4.69. The van der Waals surface area contributed by atoms with Gasteiger partial charge in [0.05, 0.1) is 24.3 Å². The number of carbonyl (C=O) groups excluding carboxylic acids is 2. The molecule has 0 spiro atoms. The molecule has 6 nitrogen and oxygen atoms in total. The first-order chi connectivity index (χ1) is 14.9. The van der Waals surface area contributed by atoms with Crippen LogP contribution in [0, 0.1) is 0 Å². The third-order valence-electron chi connectivity index (χ3n) is 4.80. The number of fused-ring (bicyclic) bond motifs is 1. The number of hydrogen-bond acceptors (Lipinski definition) is 6. The van der Waals surface area contributed by atoms with Gasteiger partial charge in [-0.2, -0.15) is 0 Å². The number of benzene rings is 1. The molecule has 0 saturated heterocycles. The largest absolute Gasteiger partial charge is 0.493 e. The van der Waals surface area contributed by atoms with Crippen LogP contribution in [0.15, 0.2) is 22.7 Å². The fourth-order valence-corrected chi connectivity index (χ4v) is 5.25. The number of thiophene rings is 1. The van der Waals surface area contributed by atoms with Crippen LogP contribution in [0.4, 0.5) is 5.00 Å². The molecule has 2 aromatic rings. The molecule has 3 rings (SSSR count). The van der Waals surface area contributed by atoms with Crippen LogP contribution in [0.2, 0.25) is 0 Å². The number of amides is 1. The Hall–Kier alpha value is -1.97. The number of esters is 1. The second kappa shape index (κ2) is 11.1. The Kier molecular flexibility index (Phi) is 8.45.